The normalized spacial score (nSPS) is 13.1. The molecule has 1 heterocycles. The first-order chi connectivity index (χ1) is 17.1. The van der Waals surface area contributed by atoms with Crippen molar-refractivity contribution < 1.29 is 19.2 Å². The van der Waals surface area contributed by atoms with Crippen molar-refractivity contribution in [2.24, 2.45) is 5.10 Å². The van der Waals surface area contributed by atoms with Crippen LogP contribution in [0.1, 0.15) is 51.4 Å². The standard InChI is InChI=1S/C24H24Br2N4O6/c1-5-13(3)22-28-19-8-7-16(25)10-18(19)23(31)29(22)27-12-15-9-17(26)11-20(30(33)34)21(15)36-14(4)24(32)35-6-2/h7-14H,5-6H2,1-4H3/t13-,14-/m0/s1. The molecule has 0 saturated heterocycles. The maximum Gasteiger partial charge on any atom is 0.347 e. The molecule has 3 aromatic rings. The number of benzene rings is 2. The SMILES string of the molecule is CCOC(=O)[C@H](C)Oc1c(C=Nn2c([C@@H](C)CC)nc3ccc(Br)cc3c2=O)cc(Br)cc1[N+](=O)[O-]. The third-order valence-electron chi connectivity index (χ3n) is 5.37. The van der Waals surface area contributed by atoms with Crippen molar-refractivity contribution in [3.63, 3.8) is 0 Å². The highest BCUT2D eigenvalue weighted by molar-refractivity contribution is 9.10. The Hall–Kier alpha value is -3.12. The average molecular weight is 624 g/mol. The maximum absolute atomic E-state index is 13.4. The van der Waals surface area contributed by atoms with Gasteiger partial charge in [-0.25, -0.2) is 9.78 Å². The predicted molar refractivity (Wildman–Crippen MR) is 143 cm³/mol. The zero-order valence-electron chi connectivity index (χ0n) is 20.0. The summed E-state index contributed by atoms with van der Waals surface area (Å²) in [6.07, 6.45) is 0.872. The average Bonchev–Trinajstić information content (AvgIpc) is 2.84. The van der Waals surface area contributed by atoms with Gasteiger partial charge in [-0.05, 0) is 44.5 Å². The zero-order chi connectivity index (χ0) is 26.6. The lowest BCUT2D eigenvalue weighted by molar-refractivity contribution is -0.386. The third-order valence-corrected chi connectivity index (χ3v) is 6.32. The summed E-state index contributed by atoms with van der Waals surface area (Å²) in [4.78, 5) is 41.3. The molecule has 0 aliphatic carbocycles. The monoisotopic (exact) mass is 622 g/mol. The fraction of sp³-hybridized carbons (Fsp3) is 0.333. The van der Waals surface area contributed by atoms with Crippen LogP contribution in [0.2, 0.25) is 0 Å². The third kappa shape index (κ3) is 5.98. The van der Waals surface area contributed by atoms with Crippen LogP contribution >= 0.6 is 31.9 Å². The second kappa shape index (κ2) is 11.7. The van der Waals surface area contributed by atoms with Crippen molar-refractivity contribution >= 4 is 60.6 Å². The first kappa shape index (κ1) is 27.5. The highest BCUT2D eigenvalue weighted by Crippen LogP contribution is 2.35. The summed E-state index contributed by atoms with van der Waals surface area (Å²) in [6.45, 7) is 7.11. The first-order valence-corrected chi connectivity index (χ1v) is 12.7. The first-order valence-electron chi connectivity index (χ1n) is 11.1. The number of esters is 1. The van der Waals surface area contributed by atoms with Gasteiger partial charge in [0.1, 0.15) is 5.82 Å². The number of nitrogens with zero attached hydrogens (tertiary/aromatic N) is 4. The van der Waals surface area contributed by atoms with Gasteiger partial charge in [0.15, 0.2) is 6.10 Å². The number of hydrogen-bond acceptors (Lipinski definition) is 8. The number of nitro groups is 1. The molecule has 0 amide bonds. The number of nitro benzene ring substituents is 1. The van der Waals surface area contributed by atoms with Gasteiger partial charge in [0.2, 0.25) is 5.75 Å². The van der Waals surface area contributed by atoms with Crippen LogP contribution in [0.4, 0.5) is 5.69 Å². The van der Waals surface area contributed by atoms with Gasteiger partial charge >= 0.3 is 11.7 Å². The van der Waals surface area contributed by atoms with E-state index in [4.69, 9.17) is 9.47 Å². The maximum atomic E-state index is 13.4. The molecule has 0 radical (unpaired) electrons. The van der Waals surface area contributed by atoms with Crippen LogP contribution < -0.4 is 10.3 Å². The summed E-state index contributed by atoms with van der Waals surface area (Å²) in [5.74, 6) is -0.501. The van der Waals surface area contributed by atoms with E-state index < -0.39 is 17.0 Å². The number of carbonyl (C=O) groups excluding carboxylic acids is 1. The topological polar surface area (TPSA) is 126 Å². The zero-order valence-corrected chi connectivity index (χ0v) is 23.2. The Kier molecular flexibility index (Phi) is 8.96. The molecule has 0 N–H and O–H groups in total. The number of hydrogen-bond donors (Lipinski definition) is 0. The van der Waals surface area contributed by atoms with Gasteiger partial charge in [-0.2, -0.15) is 9.78 Å². The summed E-state index contributed by atoms with van der Waals surface area (Å²) in [5.41, 5.74) is -0.0457. The van der Waals surface area contributed by atoms with Crippen molar-refractivity contribution in [3.05, 3.63) is 71.1 Å². The van der Waals surface area contributed by atoms with Gasteiger partial charge in [0.05, 0.1) is 28.6 Å². The second-order valence-corrected chi connectivity index (χ2v) is 9.75. The van der Waals surface area contributed by atoms with E-state index in [0.29, 0.717) is 32.1 Å². The Morgan fingerprint density at radius 3 is 2.58 bits per heavy atom. The van der Waals surface area contributed by atoms with Gasteiger partial charge in [-0.15, -0.1) is 0 Å². The van der Waals surface area contributed by atoms with Crippen LogP contribution in [-0.2, 0) is 9.53 Å². The molecule has 1 aromatic heterocycles. The Morgan fingerprint density at radius 1 is 1.22 bits per heavy atom. The minimum absolute atomic E-state index is 0.0979. The molecule has 3 rings (SSSR count). The van der Waals surface area contributed by atoms with Crippen molar-refractivity contribution in [1.82, 2.24) is 9.66 Å². The molecule has 12 heteroatoms. The minimum atomic E-state index is -1.12. The second-order valence-electron chi connectivity index (χ2n) is 7.91. The lowest BCUT2D eigenvalue weighted by atomic mass is 10.1. The van der Waals surface area contributed by atoms with Crippen LogP contribution in [-0.4, -0.2) is 39.5 Å². The van der Waals surface area contributed by atoms with E-state index in [1.165, 1.54) is 23.9 Å². The Bertz CT molecular complexity index is 1410. The van der Waals surface area contributed by atoms with Crippen molar-refractivity contribution in [3.8, 4) is 5.75 Å². The molecule has 0 fully saturated rings. The molecular formula is C24H24Br2N4O6. The van der Waals surface area contributed by atoms with Crippen molar-refractivity contribution in [1.29, 1.82) is 0 Å². The Morgan fingerprint density at radius 2 is 1.94 bits per heavy atom. The molecule has 190 valence electrons. The van der Waals surface area contributed by atoms with E-state index >= 15 is 0 Å². The van der Waals surface area contributed by atoms with Crippen LogP contribution in [0, 0.1) is 10.1 Å². The minimum Gasteiger partial charge on any atom is -0.471 e. The number of aromatic nitrogens is 2. The lowest BCUT2D eigenvalue weighted by Gasteiger charge is -2.16. The summed E-state index contributed by atoms with van der Waals surface area (Å²) in [6, 6.07) is 8.02. The summed E-state index contributed by atoms with van der Waals surface area (Å²) in [7, 11) is 0. The largest absolute Gasteiger partial charge is 0.471 e. The predicted octanol–water partition coefficient (Wildman–Crippen LogP) is 5.56. The van der Waals surface area contributed by atoms with E-state index in [9.17, 15) is 19.7 Å². The van der Waals surface area contributed by atoms with Crippen LogP contribution in [0.15, 0.2) is 49.2 Å². The van der Waals surface area contributed by atoms with Crippen molar-refractivity contribution in [2.45, 2.75) is 46.1 Å². The number of halogens is 2. The highest BCUT2D eigenvalue weighted by Gasteiger charge is 2.26. The molecule has 10 nitrogen and oxygen atoms in total. The fourth-order valence-corrected chi connectivity index (χ4v) is 4.17. The summed E-state index contributed by atoms with van der Waals surface area (Å²) < 4.78 is 12.9. The van der Waals surface area contributed by atoms with Gasteiger partial charge < -0.3 is 9.47 Å². The molecule has 36 heavy (non-hydrogen) atoms. The number of rotatable bonds is 9. The molecular weight excluding hydrogens is 600 g/mol. The molecule has 0 aliphatic rings. The van der Waals surface area contributed by atoms with Crippen LogP contribution in [0.5, 0.6) is 5.75 Å². The highest BCUT2D eigenvalue weighted by atomic mass is 79.9. The lowest BCUT2D eigenvalue weighted by Crippen LogP contribution is -2.27. The summed E-state index contributed by atoms with van der Waals surface area (Å²) >= 11 is 6.64. The van der Waals surface area contributed by atoms with Gasteiger partial charge in [0.25, 0.3) is 5.56 Å². The number of fused-ring (bicyclic) bond motifs is 1. The van der Waals surface area contributed by atoms with E-state index in [0.717, 1.165) is 0 Å². The fourth-order valence-electron chi connectivity index (χ4n) is 3.34. The van der Waals surface area contributed by atoms with E-state index in [1.807, 2.05) is 13.8 Å². The molecule has 0 bridgehead atoms. The number of ether oxygens (including phenoxy) is 2. The Balaban J connectivity index is 2.20. The molecule has 0 aliphatic heterocycles. The molecule has 0 saturated carbocycles. The van der Waals surface area contributed by atoms with Gasteiger partial charge in [-0.1, -0.05) is 45.7 Å². The van der Waals surface area contributed by atoms with E-state index in [1.54, 1.807) is 31.2 Å². The van der Waals surface area contributed by atoms with Gasteiger partial charge in [-0.3, -0.25) is 14.9 Å². The van der Waals surface area contributed by atoms with E-state index in [2.05, 4.69) is 41.9 Å². The molecule has 0 spiro atoms. The molecule has 2 aromatic carbocycles. The van der Waals surface area contributed by atoms with Crippen molar-refractivity contribution in [2.75, 3.05) is 6.61 Å². The smallest absolute Gasteiger partial charge is 0.347 e. The Labute approximate surface area is 223 Å². The quantitative estimate of drug-likeness (QED) is 0.132. The van der Waals surface area contributed by atoms with E-state index in [-0.39, 0.29) is 35.1 Å². The number of carbonyl (C=O) groups is 1. The molecule has 2 atom stereocenters. The van der Waals surface area contributed by atoms with Crippen LogP contribution in [0.3, 0.4) is 0 Å². The van der Waals surface area contributed by atoms with Crippen LogP contribution in [0.25, 0.3) is 10.9 Å². The van der Waals surface area contributed by atoms with Gasteiger partial charge in [0, 0.05) is 26.5 Å². The molecule has 0 unspecified atom stereocenters. The summed E-state index contributed by atoms with van der Waals surface area (Å²) in [5, 5.41) is 16.5.